The quantitative estimate of drug-likeness (QED) is 0.159. The fraction of sp³-hybridized carbons (Fsp3) is 0.0200. The highest BCUT2D eigenvalue weighted by molar-refractivity contribution is 6.34. The van der Waals surface area contributed by atoms with Crippen LogP contribution in [0.1, 0.15) is 22.3 Å². The summed E-state index contributed by atoms with van der Waals surface area (Å²) in [6.45, 7) is 0. The van der Waals surface area contributed by atoms with Gasteiger partial charge in [0.1, 0.15) is 0 Å². The van der Waals surface area contributed by atoms with Crippen molar-refractivity contribution >= 4 is 59.8 Å². The third-order valence-corrected chi connectivity index (χ3v) is 12.4. The molecule has 11 aromatic rings. The monoisotopic (exact) mass is 672 g/mol. The third kappa shape index (κ3) is 3.06. The second-order valence-corrected chi connectivity index (χ2v) is 14.7. The Hall–Kier alpha value is -6.97. The lowest BCUT2D eigenvalue weighted by Crippen LogP contribution is -2.25. The van der Waals surface area contributed by atoms with Crippen LogP contribution in [0.15, 0.2) is 175 Å². The van der Waals surface area contributed by atoms with Gasteiger partial charge in [-0.25, -0.2) is 0 Å². The van der Waals surface area contributed by atoms with Gasteiger partial charge in [-0.1, -0.05) is 140 Å². The van der Waals surface area contributed by atoms with Crippen molar-refractivity contribution in [3.63, 3.8) is 0 Å². The van der Waals surface area contributed by atoms with E-state index < -0.39 is 5.41 Å². The molecular weight excluding hydrogens is 645 g/mol. The van der Waals surface area contributed by atoms with Gasteiger partial charge >= 0.3 is 0 Å². The van der Waals surface area contributed by atoms with E-state index in [1.54, 1.807) is 0 Å². The van der Waals surface area contributed by atoms with E-state index in [0.29, 0.717) is 0 Å². The van der Waals surface area contributed by atoms with Crippen LogP contribution in [0.3, 0.4) is 0 Å². The lowest BCUT2D eigenvalue weighted by molar-refractivity contribution is 0.794. The molecule has 3 aromatic heterocycles. The van der Waals surface area contributed by atoms with Crippen LogP contribution in [-0.2, 0) is 5.41 Å². The van der Waals surface area contributed by atoms with Crippen LogP contribution in [0, 0.1) is 0 Å². The normalized spacial score (nSPS) is 13.9. The smallest absolute Gasteiger partial charge is 0.263 e. The highest BCUT2D eigenvalue weighted by Crippen LogP contribution is 2.64. The molecule has 3 heterocycles. The first-order valence-electron chi connectivity index (χ1n) is 18.3. The van der Waals surface area contributed by atoms with E-state index in [1.807, 2.05) is 12.1 Å². The number of nitrogens with zero attached hydrogens (tertiary/aromatic N) is 2. The van der Waals surface area contributed by atoms with E-state index in [0.717, 1.165) is 60.2 Å². The number of pyridine rings is 1. The van der Waals surface area contributed by atoms with E-state index in [9.17, 15) is 0 Å². The molecule has 0 bridgehead atoms. The average Bonchev–Trinajstić information content (AvgIpc) is 3.93. The Balaban J connectivity index is 1.33. The molecule has 2 aliphatic rings. The summed E-state index contributed by atoms with van der Waals surface area (Å²) in [6.07, 6.45) is 0. The van der Waals surface area contributed by atoms with Gasteiger partial charge in [0, 0.05) is 43.6 Å². The van der Waals surface area contributed by atoms with Crippen molar-refractivity contribution < 1.29 is 0 Å². The van der Waals surface area contributed by atoms with Gasteiger partial charge in [-0.2, -0.15) is 0 Å². The first-order chi connectivity index (χ1) is 26.3. The second kappa shape index (κ2) is 9.47. The zero-order valence-electron chi connectivity index (χ0n) is 28.5. The molecule has 0 atom stereocenters. The summed E-state index contributed by atoms with van der Waals surface area (Å²) in [5.41, 5.74) is 14.8. The summed E-state index contributed by atoms with van der Waals surface area (Å²) in [7, 11) is 0. The molecule has 13 rings (SSSR count). The lowest BCUT2D eigenvalue weighted by Gasteiger charge is -2.30. The van der Waals surface area contributed by atoms with Crippen LogP contribution in [0.5, 0.6) is 0 Å². The number of hydrogen-bond donors (Lipinski definition) is 0. The number of aromatic nitrogens is 2. The topological polar surface area (TPSA) is 26.4 Å². The first-order valence-corrected chi connectivity index (χ1v) is 18.3. The summed E-state index contributed by atoms with van der Waals surface area (Å²) in [4.78, 5) is 15.2. The van der Waals surface area contributed by atoms with Crippen molar-refractivity contribution in [3.05, 3.63) is 202 Å². The SMILES string of the molecule is O=c1c2ccccc2c2cc3c4ccccc4n(-c4ccccc4)c3c3c4ccc5c(c4n1c23)-c1ccccc1C51c2ccccc2-c2ccccc21. The van der Waals surface area contributed by atoms with Crippen molar-refractivity contribution in [2.75, 3.05) is 0 Å². The molecule has 3 heteroatoms. The molecule has 3 nitrogen and oxygen atoms in total. The fourth-order valence-corrected chi connectivity index (χ4v) is 10.6. The van der Waals surface area contributed by atoms with Gasteiger partial charge in [0.15, 0.2) is 0 Å². The van der Waals surface area contributed by atoms with Gasteiger partial charge in [-0.15, -0.1) is 0 Å². The van der Waals surface area contributed by atoms with Gasteiger partial charge in [-0.05, 0) is 74.7 Å². The van der Waals surface area contributed by atoms with Crippen molar-refractivity contribution in [1.29, 1.82) is 0 Å². The molecule has 0 aliphatic heterocycles. The third-order valence-electron chi connectivity index (χ3n) is 12.4. The minimum atomic E-state index is -0.503. The fourth-order valence-electron chi connectivity index (χ4n) is 10.6. The van der Waals surface area contributed by atoms with E-state index >= 15 is 4.79 Å². The Morgan fingerprint density at radius 1 is 0.396 bits per heavy atom. The molecule has 0 N–H and O–H groups in total. The maximum Gasteiger partial charge on any atom is 0.263 e. The van der Waals surface area contributed by atoms with Crippen LogP contribution in [-0.4, -0.2) is 8.97 Å². The molecule has 244 valence electrons. The minimum absolute atomic E-state index is 0.0221. The molecule has 8 aromatic carbocycles. The van der Waals surface area contributed by atoms with Crippen molar-refractivity contribution in [1.82, 2.24) is 8.97 Å². The maximum atomic E-state index is 15.2. The standard InChI is InChI=1S/C50H28N2O/c53-49-34-20-5-4-16-30(34)37-28-38-33-19-9-13-25-43(33)51(29-14-2-1-3-15-29)47(38)45-36-26-27-42-44(46(36)52(49)48(37)45)35-21-8-12-24-41(35)50(42)39-22-10-6-17-31(39)32-18-7-11-23-40(32)50/h1-28H. The van der Waals surface area contributed by atoms with Crippen LogP contribution in [0.4, 0.5) is 0 Å². The number of hydrogen-bond acceptors (Lipinski definition) is 1. The van der Waals surface area contributed by atoms with Crippen molar-refractivity contribution in [3.8, 4) is 27.9 Å². The highest BCUT2D eigenvalue weighted by Gasteiger charge is 2.52. The highest BCUT2D eigenvalue weighted by atomic mass is 16.1. The minimum Gasteiger partial charge on any atom is -0.309 e. The zero-order chi connectivity index (χ0) is 34.6. The van der Waals surface area contributed by atoms with Gasteiger partial charge < -0.3 is 4.57 Å². The number of benzene rings is 8. The Kier molecular flexibility index (Phi) is 4.95. The van der Waals surface area contributed by atoms with Gasteiger partial charge in [0.25, 0.3) is 5.56 Å². The van der Waals surface area contributed by atoms with Gasteiger partial charge in [0.05, 0.1) is 27.5 Å². The molecule has 0 saturated heterocycles. The Bertz CT molecular complexity index is 3430. The lowest BCUT2D eigenvalue weighted by atomic mass is 9.70. The van der Waals surface area contributed by atoms with Crippen molar-refractivity contribution in [2.24, 2.45) is 0 Å². The maximum absolute atomic E-state index is 15.2. The van der Waals surface area contributed by atoms with Crippen LogP contribution in [0.2, 0.25) is 0 Å². The summed E-state index contributed by atoms with van der Waals surface area (Å²) in [5.74, 6) is 0. The van der Waals surface area contributed by atoms with Crippen molar-refractivity contribution in [2.45, 2.75) is 5.41 Å². The Morgan fingerprint density at radius 2 is 0.962 bits per heavy atom. The average molecular weight is 673 g/mol. The van der Waals surface area contributed by atoms with E-state index in [1.165, 1.54) is 49.7 Å². The Labute approximate surface area is 303 Å². The van der Waals surface area contributed by atoms with E-state index in [2.05, 4.69) is 167 Å². The molecular formula is C50H28N2O. The van der Waals surface area contributed by atoms with E-state index in [-0.39, 0.29) is 5.56 Å². The predicted octanol–water partition coefficient (Wildman–Crippen LogP) is 11.6. The van der Waals surface area contributed by atoms with Gasteiger partial charge in [0.2, 0.25) is 0 Å². The molecule has 0 amide bonds. The molecule has 1 spiro atoms. The molecule has 0 radical (unpaired) electrons. The molecule has 0 unspecified atom stereocenters. The molecule has 53 heavy (non-hydrogen) atoms. The largest absolute Gasteiger partial charge is 0.309 e. The second-order valence-electron chi connectivity index (χ2n) is 14.7. The molecule has 0 fully saturated rings. The first kappa shape index (κ1) is 27.7. The number of fused-ring (bicyclic) bond motifs is 20. The summed E-state index contributed by atoms with van der Waals surface area (Å²) < 4.78 is 4.49. The van der Waals surface area contributed by atoms with Crippen LogP contribution in [0.25, 0.3) is 87.7 Å². The molecule has 2 aliphatic carbocycles. The molecule has 0 saturated carbocycles. The number of para-hydroxylation sites is 2. The summed E-state index contributed by atoms with van der Waals surface area (Å²) in [5, 5.41) is 7.42. The van der Waals surface area contributed by atoms with E-state index in [4.69, 9.17) is 0 Å². The van der Waals surface area contributed by atoms with Crippen LogP contribution >= 0.6 is 0 Å². The number of rotatable bonds is 1. The zero-order valence-corrected chi connectivity index (χ0v) is 28.5. The van der Waals surface area contributed by atoms with Crippen LogP contribution < -0.4 is 5.56 Å². The summed E-state index contributed by atoms with van der Waals surface area (Å²) >= 11 is 0. The predicted molar refractivity (Wildman–Crippen MR) is 218 cm³/mol. The summed E-state index contributed by atoms with van der Waals surface area (Å²) in [6, 6.07) is 61.3. The Morgan fingerprint density at radius 3 is 1.70 bits per heavy atom. The van der Waals surface area contributed by atoms with Gasteiger partial charge in [-0.3, -0.25) is 9.20 Å².